The highest BCUT2D eigenvalue weighted by Gasteiger charge is 2.31. The summed E-state index contributed by atoms with van der Waals surface area (Å²) in [6.45, 7) is 4.89. The van der Waals surface area contributed by atoms with E-state index in [1.54, 1.807) is 0 Å². The summed E-state index contributed by atoms with van der Waals surface area (Å²) in [6, 6.07) is 17.1. The van der Waals surface area contributed by atoms with Gasteiger partial charge in [0, 0.05) is 37.3 Å². The number of rotatable bonds is 6. The fraction of sp³-hybridized carbons (Fsp3) is 0.417. The molecule has 1 saturated heterocycles. The van der Waals surface area contributed by atoms with Gasteiger partial charge in [-0.15, -0.1) is 0 Å². The molecule has 0 aromatic heterocycles. The average Bonchev–Trinajstić information content (AvgIpc) is 3.58. The third kappa shape index (κ3) is 5.04. The van der Waals surface area contributed by atoms with Gasteiger partial charge in [0.2, 0.25) is 0 Å². The molecule has 2 fully saturated rings. The summed E-state index contributed by atoms with van der Waals surface area (Å²) < 4.78 is 5.94. The number of carbonyl (C=O) groups is 2. The summed E-state index contributed by atoms with van der Waals surface area (Å²) in [4.78, 5) is 29.7. The highest BCUT2D eigenvalue weighted by atomic mass is 16.5. The minimum absolute atomic E-state index is 0.0255. The Hall–Kier alpha value is -2.66. The highest BCUT2D eigenvalue weighted by molar-refractivity contribution is 5.95. The number of morpholine rings is 1. The van der Waals surface area contributed by atoms with Crippen LogP contribution in [0.15, 0.2) is 54.6 Å². The standard InChI is InChI=1S/C24H28N2O3/c1-18-7-11-21(12-8-18)24(28)26(15-19-9-10-19)17-22-16-25(13-14-29-22)23(27)20-5-3-2-4-6-20/h2-8,11-12,19,22H,9-10,13-17H2,1H3. The van der Waals surface area contributed by atoms with Crippen molar-refractivity contribution in [2.45, 2.75) is 25.9 Å². The van der Waals surface area contributed by atoms with Gasteiger partial charge in [0.15, 0.2) is 0 Å². The predicted molar refractivity (Wildman–Crippen MR) is 112 cm³/mol. The van der Waals surface area contributed by atoms with Crippen molar-refractivity contribution >= 4 is 11.8 Å². The molecule has 0 bridgehead atoms. The second kappa shape index (κ2) is 8.78. The zero-order chi connectivity index (χ0) is 20.2. The number of hydrogen-bond acceptors (Lipinski definition) is 3. The summed E-state index contributed by atoms with van der Waals surface area (Å²) >= 11 is 0. The lowest BCUT2D eigenvalue weighted by molar-refractivity contribution is -0.0335. The molecule has 2 aliphatic rings. The van der Waals surface area contributed by atoms with Gasteiger partial charge >= 0.3 is 0 Å². The van der Waals surface area contributed by atoms with E-state index in [4.69, 9.17) is 4.74 Å². The molecule has 1 aliphatic carbocycles. The third-order valence-electron chi connectivity index (χ3n) is 5.63. The summed E-state index contributed by atoms with van der Waals surface area (Å²) in [6.07, 6.45) is 2.20. The minimum atomic E-state index is -0.162. The van der Waals surface area contributed by atoms with E-state index in [0.717, 1.165) is 12.1 Å². The summed E-state index contributed by atoms with van der Waals surface area (Å²) in [5.74, 6) is 0.666. The van der Waals surface area contributed by atoms with E-state index in [0.29, 0.717) is 43.3 Å². The lowest BCUT2D eigenvalue weighted by Crippen LogP contribution is -2.51. The molecule has 5 heteroatoms. The van der Waals surface area contributed by atoms with Gasteiger partial charge in [-0.2, -0.15) is 0 Å². The number of hydrogen-bond donors (Lipinski definition) is 0. The summed E-state index contributed by atoms with van der Waals surface area (Å²) in [5.41, 5.74) is 2.55. The van der Waals surface area contributed by atoms with Gasteiger partial charge in [0.1, 0.15) is 0 Å². The minimum Gasteiger partial charge on any atom is -0.373 e. The highest BCUT2D eigenvalue weighted by Crippen LogP contribution is 2.30. The van der Waals surface area contributed by atoms with E-state index in [9.17, 15) is 9.59 Å². The molecule has 1 atom stereocenters. The van der Waals surface area contributed by atoms with Gasteiger partial charge in [0.05, 0.1) is 12.7 Å². The molecular weight excluding hydrogens is 364 g/mol. The quantitative estimate of drug-likeness (QED) is 0.757. The molecule has 0 spiro atoms. The van der Waals surface area contributed by atoms with Crippen molar-refractivity contribution in [2.24, 2.45) is 5.92 Å². The van der Waals surface area contributed by atoms with Crippen LogP contribution in [0.2, 0.25) is 0 Å². The van der Waals surface area contributed by atoms with Crippen molar-refractivity contribution in [1.82, 2.24) is 9.80 Å². The zero-order valence-electron chi connectivity index (χ0n) is 16.9. The Balaban J connectivity index is 1.43. The Morgan fingerprint density at radius 1 is 1.00 bits per heavy atom. The molecule has 1 unspecified atom stereocenters. The van der Waals surface area contributed by atoms with Crippen LogP contribution in [0.25, 0.3) is 0 Å². The van der Waals surface area contributed by atoms with Gasteiger partial charge < -0.3 is 14.5 Å². The van der Waals surface area contributed by atoms with Crippen LogP contribution in [0, 0.1) is 12.8 Å². The van der Waals surface area contributed by atoms with Crippen LogP contribution in [0.1, 0.15) is 39.1 Å². The van der Waals surface area contributed by atoms with Crippen LogP contribution in [-0.2, 0) is 4.74 Å². The van der Waals surface area contributed by atoms with Crippen molar-refractivity contribution < 1.29 is 14.3 Å². The van der Waals surface area contributed by atoms with Crippen LogP contribution < -0.4 is 0 Å². The molecule has 2 aromatic carbocycles. The van der Waals surface area contributed by atoms with Gasteiger partial charge in [-0.3, -0.25) is 9.59 Å². The smallest absolute Gasteiger partial charge is 0.254 e. The monoisotopic (exact) mass is 392 g/mol. The number of aryl methyl sites for hydroxylation is 1. The lowest BCUT2D eigenvalue weighted by atomic mass is 10.1. The van der Waals surface area contributed by atoms with Crippen molar-refractivity contribution in [1.29, 1.82) is 0 Å². The van der Waals surface area contributed by atoms with Crippen LogP contribution in [0.5, 0.6) is 0 Å². The van der Waals surface area contributed by atoms with Gasteiger partial charge in [-0.05, 0) is 49.9 Å². The van der Waals surface area contributed by atoms with Crippen molar-refractivity contribution in [3.8, 4) is 0 Å². The Bertz CT molecular complexity index is 846. The maximum absolute atomic E-state index is 13.1. The van der Waals surface area contributed by atoms with E-state index in [-0.39, 0.29) is 17.9 Å². The predicted octanol–water partition coefficient (Wildman–Crippen LogP) is 3.39. The van der Waals surface area contributed by atoms with Crippen LogP contribution >= 0.6 is 0 Å². The molecule has 0 N–H and O–H groups in total. The maximum Gasteiger partial charge on any atom is 0.254 e. The molecule has 4 rings (SSSR count). The van der Waals surface area contributed by atoms with Crippen LogP contribution in [0.4, 0.5) is 0 Å². The first-order chi connectivity index (χ1) is 14.1. The molecule has 0 radical (unpaired) electrons. The Labute approximate surface area is 172 Å². The van der Waals surface area contributed by atoms with E-state index in [2.05, 4.69) is 0 Å². The van der Waals surface area contributed by atoms with Crippen molar-refractivity contribution in [3.05, 3.63) is 71.3 Å². The molecule has 1 aliphatic heterocycles. The average molecular weight is 392 g/mol. The number of nitrogens with zero attached hydrogens (tertiary/aromatic N) is 2. The van der Waals surface area contributed by atoms with E-state index in [1.165, 1.54) is 12.8 Å². The van der Waals surface area contributed by atoms with Crippen LogP contribution in [0.3, 0.4) is 0 Å². The normalized spacial score (nSPS) is 19.1. The fourth-order valence-electron chi connectivity index (χ4n) is 3.75. The number of benzene rings is 2. The molecule has 29 heavy (non-hydrogen) atoms. The lowest BCUT2D eigenvalue weighted by Gasteiger charge is -2.36. The molecule has 1 saturated carbocycles. The topological polar surface area (TPSA) is 49.9 Å². The largest absolute Gasteiger partial charge is 0.373 e. The summed E-state index contributed by atoms with van der Waals surface area (Å²) in [7, 11) is 0. The fourth-order valence-corrected chi connectivity index (χ4v) is 3.75. The van der Waals surface area contributed by atoms with Crippen molar-refractivity contribution in [3.63, 3.8) is 0 Å². The first-order valence-corrected chi connectivity index (χ1v) is 10.4. The Morgan fingerprint density at radius 2 is 1.72 bits per heavy atom. The first-order valence-electron chi connectivity index (χ1n) is 10.4. The van der Waals surface area contributed by atoms with Gasteiger partial charge in [0.25, 0.3) is 11.8 Å². The second-order valence-electron chi connectivity index (χ2n) is 8.13. The molecule has 152 valence electrons. The van der Waals surface area contributed by atoms with E-state index in [1.807, 2.05) is 71.3 Å². The zero-order valence-corrected chi connectivity index (χ0v) is 16.9. The maximum atomic E-state index is 13.1. The SMILES string of the molecule is Cc1ccc(C(=O)N(CC2CC2)CC2CN(C(=O)c3ccccc3)CCO2)cc1. The number of amides is 2. The Morgan fingerprint density at radius 3 is 2.41 bits per heavy atom. The second-order valence-corrected chi connectivity index (χ2v) is 8.13. The molecule has 1 heterocycles. The molecule has 2 amide bonds. The van der Waals surface area contributed by atoms with Crippen molar-refractivity contribution in [2.75, 3.05) is 32.8 Å². The Kier molecular flexibility index (Phi) is 5.95. The number of carbonyl (C=O) groups excluding carboxylic acids is 2. The molecular formula is C24H28N2O3. The first kappa shape index (κ1) is 19.6. The molecule has 5 nitrogen and oxygen atoms in total. The van der Waals surface area contributed by atoms with Gasteiger partial charge in [-0.25, -0.2) is 0 Å². The van der Waals surface area contributed by atoms with E-state index >= 15 is 0 Å². The van der Waals surface area contributed by atoms with Gasteiger partial charge in [-0.1, -0.05) is 35.9 Å². The third-order valence-corrected chi connectivity index (χ3v) is 5.63. The number of ether oxygens (including phenoxy) is 1. The summed E-state index contributed by atoms with van der Waals surface area (Å²) in [5, 5.41) is 0. The van der Waals surface area contributed by atoms with Crippen LogP contribution in [-0.4, -0.2) is 60.5 Å². The van der Waals surface area contributed by atoms with E-state index < -0.39 is 0 Å². The molecule has 2 aromatic rings.